The Balaban J connectivity index is 1.86. The molecule has 3 atom stereocenters. The number of fused-ring (bicyclic) bond motifs is 3. The number of nitro benzene ring substituents is 1. The Hall–Kier alpha value is -3.02. The molecule has 26 heavy (non-hydrogen) atoms. The summed E-state index contributed by atoms with van der Waals surface area (Å²) in [6, 6.07) is 11.1. The predicted octanol–water partition coefficient (Wildman–Crippen LogP) is 4.44. The van der Waals surface area contributed by atoms with Gasteiger partial charge in [0.25, 0.3) is 5.69 Å². The van der Waals surface area contributed by atoms with Crippen molar-refractivity contribution in [1.82, 2.24) is 0 Å². The number of nitro groups is 1. The molecule has 1 heterocycles. The Morgan fingerprint density at radius 3 is 2.62 bits per heavy atom. The maximum atomic E-state index is 11.3. The minimum Gasteiger partial charge on any atom is -0.496 e. The lowest BCUT2D eigenvalue weighted by Crippen LogP contribution is -2.29. The third-order valence-corrected chi connectivity index (χ3v) is 5.32. The van der Waals surface area contributed by atoms with Crippen LogP contribution in [-0.2, 0) is 0 Å². The molecule has 1 aliphatic carbocycles. The zero-order chi connectivity index (χ0) is 18.3. The normalized spacial score (nSPS) is 22.9. The average Bonchev–Trinajstić information content (AvgIpc) is 3.16. The van der Waals surface area contributed by atoms with E-state index in [-0.39, 0.29) is 28.5 Å². The van der Waals surface area contributed by atoms with E-state index < -0.39 is 0 Å². The van der Waals surface area contributed by atoms with Crippen molar-refractivity contribution < 1.29 is 14.4 Å². The van der Waals surface area contributed by atoms with Crippen molar-refractivity contribution in [3.8, 4) is 11.5 Å². The number of anilines is 1. The van der Waals surface area contributed by atoms with Gasteiger partial charge in [0, 0.05) is 17.5 Å². The molecule has 2 aromatic carbocycles. The lowest BCUT2D eigenvalue weighted by molar-refractivity contribution is -0.385. The Morgan fingerprint density at radius 1 is 1.12 bits per heavy atom. The first-order valence-corrected chi connectivity index (χ1v) is 8.56. The molecule has 2 aliphatic rings. The number of hydrogen-bond donors (Lipinski definition) is 1. The second-order valence-electron chi connectivity index (χ2n) is 6.59. The number of para-hydroxylation sites is 1. The van der Waals surface area contributed by atoms with Crippen LogP contribution >= 0.6 is 0 Å². The van der Waals surface area contributed by atoms with Gasteiger partial charge in [0.2, 0.25) is 0 Å². The monoisotopic (exact) mass is 352 g/mol. The lowest BCUT2D eigenvalue weighted by atomic mass is 9.76. The molecule has 0 saturated carbocycles. The minimum absolute atomic E-state index is 0.0361. The molecule has 0 radical (unpaired) electrons. The average molecular weight is 352 g/mol. The number of nitrogens with zero attached hydrogens (tertiary/aromatic N) is 1. The van der Waals surface area contributed by atoms with Gasteiger partial charge < -0.3 is 14.8 Å². The van der Waals surface area contributed by atoms with Crippen molar-refractivity contribution in [2.24, 2.45) is 5.92 Å². The fourth-order valence-electron chi connectivity index (χ4n) is 4.15. The van der Waals surface area contributed by atoms with Gasteiger partial charge in [-0.15, -0.1) is 0 Å². The highest BCUT2D eigenvalue weighted by atomic mass is 16.6. The summed E-state index contributed by atoms with van der Waals surface area (Å²) in [5.41, 5.74) is 2.87. The highest BCUT2D eigenvalue weighted by Crippen LogP contribution is 2.54. The fraction of sp³-hybridized carbons (Fsp3) is 0.300. The molecule has 4 rings (SSSR count). The third kappa shape index (κ3) is 2.49. The number of allylic oxidation sites excluding steroid dienone is 2. The molecule has 0 saturated heterocycles. The molecule has 0 fully saturated rings. The molecule has 134 valence electrons. The summed E-state index contributed by atoms with van der Waals surface area (Å²) < 4.78 is 11.0. The molecule has 2 aromatic rings. The maximum Gasteiger partial charge on any atom is 0.273 e. The summed E-state index contributed by atoms with van der Waals surface area (Å²) in [6.07, 6.45) is 5.21. The number of non-ortho nitro benzene ring substituents is 1. The van der Waals surface area contributed by atoms with Crippen molar-refractivity contribution in [3.05, 3.63) is 69.8 Å². The van der Waals surface area contributed by atoms with Crippen LogP contribution in [0.3, 0.4) is 0 Å². The number of ether oxygens (including phenoxy) is 2. The fourth-order valence-corrected chi connectivity index (χ4v) is 4.15. The Kier molecular flexibility index (Phi) is 4.03. The van der Waals surface area contributed by atoms with Crippen LogP contribution in [0.1, 0.15) is 29.5 Å². The summed E-state index contributed by atoms with van der Waals surface area (Å²) in [7, 11) is 3.21. The predicted molar refractivity (Wildman–Crippen MR) is 99.0 cm³/mol. The van der Waals surface area contributed by atoms with Gasteiger partial charge >= 0.3 is 0 Å². The first-order chi connectivity index (χ1) is 12.6. The molecule has 0 unspecified atom stereocenters. The molecule has 0 amide bonds. The van der Waals surface area contributed by atoms with E-state index in [4.69, 9.17) is 9.47 Å². The maximum absolute atomic E-state index is 11.3. The van der Waals surface area contributed by atoms with Gasteiger partial charge in [-0.25, -0.2) is 0 Å². The van der Waals surface area contributed by atoms with E-state index in [0.29, 0.717) is 5.75 Å². The number of benzene rings is 2. The van der Waals surface area contributed by atoms with Crippen LogP contribution in [0.25, 0.3) is 0 Å². The van der Waals surface area contributed by atoms with E-state index >= 15 is 0 Å². The first kappa shape index (κ1) is 16.4. The summed E-state index contributed by atoms with van der Waals surface area (Å²) >= 11 is 0. The van der Waals surface area contributed by atoms with Gasteiger partial charge in [0.05, 0.1) is 36.9 Å². The highest BCUT2D eigenvalue weighted by molar-refractivity contribution is 5.71. The molecule has 0 aromatic heterocycles. The van der Waals surface area contributed by atoms with Gasteiger partial charge in [-0.2, -0.15) is 0 Å². The second-order valence-corrected chi connectivity index (χ2v) is 6.59. The summed E-state index contributed by atoms with van der Waals surface area (Å²) in [5.74, 6) is 1.70. The zero-order valence-corrected chi connectivity index (χ0v) is 14.6. The van der Waals surface area contributed by atoms with Gasteiger partial charge in [-0.05, 0) is 24.0 Å². The lowest BCUT2D eigenvalue weighted by Gasteiger charge is -2.38. The Morgan fingerprint density at radius 2 is 1.88 bits per heavy atom. The molecule has 0 spiro atoms. The van der Waals surface area contributed by atoms with Crippen molar-refractivity contribution in [1.29, 1.82) is 0 Å². The van der Waals surface area contributed by atoms with Gasteiger partial charge in [0.15, 0.2) is 0 Å². The van der Waals surface area contributed by atoms with Crippen LogP contribution in [0.2, 0.25) is 0 Å². The number of rotatable bonds is 4. The minimum atomic E-state index is -0.372. The standard InChI is InChI=1S/C20H20N2O4/c1-25-17-9-4-3-6-15(17)19-14-8-5-7-13(14)16-10-12(22(23)24)11-18(26-2)20(16)21-19/h3-7,9-11,13-14,19,21H,8H2,1-2H3/t13-,14-,19-/m1/s1. The smallest absolute Gasteiger partial charge is 0.273 e. The van der Waals surface area contributed by atoms with E-state index in [0.717, 1.165) is 29.0 Å². The molecule has 0 bridgehead atoms. The van der Waals surface area contributed by atoms with Gasteiger partial charge in [0.1, 0.15) is 11.5 Å². The topological polar surface area (TPSA) is 73.6 Å². The van der Waals surface area contributed by atoms with Crippen LogP contribution in [0.5, 0.6) is 11.5 Å². The Bertz CT molecular complexity index is 893. The van der Waals surface area contributed by atoms with E-state index in [9.17, 15) is 10.1 Å². The molecule has 6 heteroatoms. The molecular formula is C20H20N2O4. The SMILES string of the molecule is COc1ccccc1[C@@H]1Nc2c(OC)cc([N+](=O)[O-])cc2[C@@H]2C=CC[C@H]21. The molecular weight excluding hydrogens is 332 g/mol. The van der Waals surface area contributed by atoms with Crippen LogP contribution < -0.4 is 14.8 Å². The van der Waals surface area contributed by atoms with Crippen molar-refractivity contribution >= 4 is 11.4 Å². The Labute approximate surface area is 151 Å². The largest absolute Gasteiger partial charge is 0.496 e. The summed E-state index contributed by atoms with van der Waals surface area (Å²) in [4.78, 5) is 10.9. The van der Waals surface area contributed by atoms with Gasteiger partial charge in [-0.1, -0.05) is 30.4 Å². The van der Waals surface area contributed by atoms with Crippen LogP contribution in [0.4, 0.5) is 11.4 Å². The van der Waals surface area contributed by atoms with Crippen molar-refractivity contribution in [2.75, 3.05) is 19.5 Å². The number of methoxy groups -OCH3 is 2. The van der Waals surface area contributed by atoms with E-state index in [1.807, 2.05) is 18.2 Å². The number of nitrogens with one attached hydrogen (secondary N) is 1. The molecule has 1 N–H and O–H groups in total. The van der Waals surface area contributed by atoms with Crippen LogP contribution in [-0.4, -0.2) is 19.1 Å². The molecule has 6 nitrogen and oxygen atoms in total. The van der Waals surface area contributed by atoms with Crippen molar-refractivity contribution in [2.45, 2.75) is 18.4 Å². The summed E-state index contributed by atoms with van der Waals surface area (Å²) in [6.45, 7) is 0. The van der Waals surface area contributed by atoms with E-state index in [2.05, 4.69) is 23.5 Å². The van der Waals surface area contributed by atoms with E-state index in [1.54, 1.807) is 13.2 Å². The van der Waals surface area contributed by atoms with Crippen LogP contribution in [0.15, 0.2) is 48.6 Å². The quantitative estimate of drug-likeness (QED) is 0.500. The van der Waals surface area contributed by atoms with Crippen molar-refractivity contribution in [3.63, 3.8) is 0 Å². The van der Waals surface area contributed by atoms with E-state index in [1.165, 1.54) is 13.2 Å². The summed E-state index contributed by atoms with van der Waals surface area (Å²) in [5, 5.41) is 14.9. The van der Waals surface area contributed by atoms with Crippen LogP contribution in [0, 0.1) is 16.0 Å². The third-order valence-electron chi connectivity index (χ3n) is 5.32. The van der Waals surface area contributed by atoms with Gasteiger partial charge in [-0.3, -0.25) is 10.1 Å². The number of hydrogen-bond acceptors (Lipinski definition) is 5. The second kappa shape index (κ2) is 6.37. The highest BCUT2D eigenvalue weighted by Gasteiger charge is 2.41. The zero-order valence-electron chi connectivity index (χ0n) is 14.6. The first-order valence-electron chi connectivity index (χ1n) is 8.56. The molecule has 1 aliphatic heterocycles.